The molecule has 3 rings (SSSR count). The summed E-state index contributed by atoms with van der Waals surface area (Å²) in [6.07, 6.45) is 0.392. The zero-order valence-electron chi connectivity index (χ0n) is 12.0. The zero-order valence-corrected chi connectivity index (χ0v) is 13.6. The van der Waals surface area contributed by atoms with Crippen molar-refractivity contribution in [2.45, 2.75) is 18.6 Å². The molecule has 2 aromatic rings. The molecule has 118 valence electrons. The van der Waals surface area contributed by atoms with Crippen molar-refractivity contribution in [2.24, 2.45) is 0 Å². The van der Waals surface area contributed by atoms with Crippen LogP contribution in [0.2, 0.25) is 0 Å². The molecule has 1 saturated heterocycles. The molecule has 2 atom stereocenters. The Kier molecular flexibility index (Phi) is 4.60. The first-order chi connectivity index (χ1) is 11.1. The van der Waals surface area contributed by atoms with E-state index >= 15 is 0 Å². The molecule has 1 fully saturated rings. The van der Waals surface area contributed by atoms with E-state index in [4.69, 9.17) is 10.00 Å². The van der Waals surface area contributed by atoms with Crippen LogP contribution in [-0.4, -0.2) is 12.6 Å². The van der Waals surface area contributed by atoms with Gasteiger partial charge < -0.3 is 10.1 Å². The van der Waals surface area contributed by atoms with Gasteiger partial charge in [-0.25, -0.2) is 8.78 Å². The molecular formula is C17H13BrF2N2O. The van der Waals surface area contributed by atoms with E-state index in [0.717, 1.165) is 22.6 Å². The molecule has 3 nitrogen and oxygen atoms in total. The predicted molar refractivity (Wildman–Crippen MR) is 85.9 cm³/mol. The molecule has 0 saturated carbocycles. The van der Waals surface area contributed by atoms with Gasteiger partial charge in [-0.2, -0.15) is 5.26 Å². The molecule has 0 amide bonds. The molecule has 1 N–H and O–H groups in total. The van der Waals surface area contributed by atoms with Gasteiger partial charge in [-0.15, -0.1) is 0 Å². The maximum Gasteiger partial charge on any atom is 0.159 e. The van der Waals surface area contributed by atoms with E-state index in [1.54, 1.807) is 12.1 Å². The van der Waals surface area contributed by atoms with Crippen LogP contribution in [0.25, 0.3) is 0 Å². The number of benzene rings is 2. The molecule has 1 aliphatic rings. The van der Waals surface area contributed by atoms with Gasteiger partial charge in [0.2, 0.25) is 0 Å². The van der Waals surface area contributed by atoms with Gasteiger partial charge in [0.25, 0.3) is 0 Å². The first kappa shape index (κ1) is 15.9. The van der Waals surface area contributed by atoms with Crippen LogP contribution in [0.3, 0.4) is 0 Å². The minimum atomic E-state index is -0.878. The van der Waals surface area contributed by atoms with E-state index in [2.05, 4.69) is 27.3 Å². The van der Waals surface area contributed by atoms with Crippen molar-refractivity contribution in [2.75, 3.05) is 11.9 Å². The summed E-state index contributed by atoms with van der Waals surface area (Å²) in [5.41, 5.74) is 1.98. The molecule has 0 spiro atoms. The number of nitriles is 1. The molecule has 0 aromatic heterocycles. The molecule has 0 bridgehead atoms. The second-order valence-electron chi connectivity index (χ2n) is 5.31. The zero-order chi connectivity index (χ0) is 16.4. The van der Waals surface area contributed by atoms with Crippen molar-refractivity contribution in [1.29, 1.82) is 5.26 Å². The SMILES string of the molecule is N#Cc1ccc(NC2CCOC2c2ccc(F)c(F)c2)c(Br)c1. The van der Waals surface area contributed by atoms with Crippen LogP contribution in [0.5, 0.6) is 0 Å². The highest BCUT2D eigenvalue weighted by Gasteiger charge is 2.30. The van der Waals surface area contributed by atoms with Crippen LogP contribution in [0, 0.1) is 23.0 Å². The van der Waals surface area contributed by atoms with Crippen molar-refractivity contribution < 1.29 is 13.5 Å². The molecule has 2 aromatic carbocycles. The minimum Gasteiger partial charge on any atom is -0.378 e. The third-order valence-electron chi connectivity index (χ3n) is 3.80. The number of rotatable bonds is 3. The summed E-state index contributed by atoms with van der Waals surface area (Å²) in [5, 5.41) is 12.2. The Bertz CT molecular complexity index is 776. The second-order valence-corrected chi connectivity index (χ2v) is 6.17. The maximum absolute atomic E-state index is 13.4. The number of hydrogen-bond donors (Lipinski definition) is 1. The summed E-state index contributed by atoms with van der Waals surface area (Å²) in [4.78, 5) is 0. The Morgan fingerprint density at radius 2 is 2.00 bits per heavy atom. The van der Waals surface area contributed by atoms with Crippen molar-refractivity contribution in [3.63, 3.8) is 0 Å². The topological polar surface area (TPSA) is 45.0 Å². The molecule has 0 aliphatic carbocycles. The number of nitrogens with zero attached hydrogens (tertiary/aromatic N) is 1. The first-order valence-corrected chi connectivity index (χ1v) is 7.90. The molecule has 1 heterocycles. The van der Waals surface area contributed by atoms with Gasteiger partial charge in [0.1, 0.15) is 6.10 Å². The van der Waals surface area contributed by atoms with E-state index in [1.165, 1.54) is 12.1 Å². The van der Waals surface area contributed by atoms with E-state index in [1.807, 2.05) is 6.07 Å². The third kappa shape index (κ3) is 3.36. The summed E-state index contributed by atoms with van der Waals surface area (Å²) in [6.45, 7) is 0.537. The molecule has 23 heavy (non-hydrogen) atoms. The Labute approximate surface area is 141 Å². The van der Waals surface area contributed by atoms with E-state index in [-0.39, 0.29) is 12.1 Å². The standard InChI is InChI=1S/C17H13BrF2N2O/c18-12-7-10(9-21)1-4-15(12)22-16-5-6-23-17(16)11-2-3-13(19)14(20)8-11/h1-4,7-8,16-17,22H,5-6H2. The van der Waals surface area contributed by atoms with Crippen LogP contribution in [-0.2, 0) is 4.74 Å². The van der Waals surface area contributed by atoms with Gasteiger partial charge in [0, 0.05) is 16.8 Å². The summed E-state index contributed by atoms with van der Waals surface area (Å²) >= 11 is 3.43. The molecule has 6 heteroatoms. The highest BCUT2D eigenvalue weighted by molar-refractivity contribution is 9.10. The fraction of sp³-hybridized carbons (Fsp3) is 0.235. The van der Waals surface area contributed by atoms with Crippen LogP contribution in [0.4, 0.5) is 14.5 Å². The average Bonchev–Trinajstić information content (AvgIpc) is 3.00. The Hall–Kier alpha value is -1.97. The van der Waals surface area contributed by atoms with Crippen molar-refractivity contribution in [3.05, 3.63) is 63.6 Å². The fourth-order valence-corrected chi connectivity index (χ4v) is 3.15. The molecule has 0 radical (unpaired) electrons. The molecule has 1 aliphatic heterocycles. The van der Waals surface area contributed by atoms with Crippen LogP contribution in [0.1, 0.15) is 23.7 Å². The largest absolute Gasteiger partial charge is 0.378 e. The number of nitrogens with one attached hydrogen (secondary N) is 1. The number of hydrogen-bond acceptors (Lipinski definition) is 3. The van der Waals surface area contributed by atoms with Crippen LogP contribution >= 0.6 is 15.9 Å². The van der Waals surface area contributed by atoms with E-state index in [0.29, 0.717) is 17.7 Å². The second kappa shape index (κ2) is 6.65. The number of anilines is 1. The van der Waals surface area contributed by atoms with Crippen molar-refractivity contribution in [1.82, 2.24) is 0 Å². The summed E-state index contributed by atoms with van der Waals surface area (Å²) < 4.78 is 33.0. The highest BCUT2D eigenvalue weighted by Crippen LogP contribution is 2.34. The lowest BCUT2D eigenvalue weighted by Crippen LogP contribution is -2.23. The predicted octanol–water partition coefficient (Wildman–Crippen LogP) is 4.54. The lowest BCUT2D eigenvalue weighted by Gasteiger charge is -2.22. The first-order valence-electron chi connectivity index (χ1n) is 7.11. The Balaban J connectivity index is 1.82. The van der Waals surface area contributed by atoms with Crippen molar-refractivity contribution >= 4 is 21.6 Å². The summed E-state index contributed by atoms with van der Waals surface area (Å²) in [6, 6.07) is 11.1. The van der Waals surface area contributed by atoms with Gasteiger partial charge in [-0.05, 0) is 58.2 Å². The van der Waals surface area contributed by atoms with E-state index < -0.39 is 11.6 Å². The van der Waals surface area contributed by atoms with Gasteiger partial charge in [-0.3, -0.25) is 0 Å². The van der Waals surface area contributed by atoms with E-state index in [9.17, 15) is 8.78 Å². The number of halogens is 3. The Morgan fingerprint density at radius 3 is 2.70 bits per heavy atom. The third-order valence-corrected chi connectivity index (χ3v) is 4.46. The highest BCUT2D eigenvalue weighted by atomic mass is 79.9. The quantitative estimate of drug-likeness (QED) is 0.852. The average molecular weight is 379 g/mol. The van der Waals surface area contributed by atoms with Crippen LogP contribution in [0.15, 0.2) is 40.9 Å². The molecule has 2 unspecified atom stereocenters. The molecular weight excluding hydrogens is 366 g/mol. The fourth-order valence-electron chi connectivity index (χ4n) is 2.66. The van der Waals surface area contributed by atoms with Crippen molar-refractivity contribution in [3.8, 4) is 6.07 Å². The van der Waals surface area contributed by atoms with Gasteiger partial charge >= 0.3 is 0 Å². The van der Waals surface area contributed by atoms with Gasteiger partial charge in [0.05, 0.1) is 17.7 Å². The minimum absolute atomic E-state index is 0.0657. The Morgan fingerprint density at radius 1 is 1.17 bits per heavy atom. The van der Waals surface area contributed by atoms with Gasteiger partial charge in [0.15, 0.2) is 11.6 Å². The summed E-state index contributed by atoms with van der Waals surface area (Å²) in [5.74, 6) is -1.75. The lowest BCUT2D eigenvalue weighted by atomic mass is 10.0. The normalized spacial score (nSPS) is 20.3. The lowest BCUT2D eigenvalue weighted by molar-refractivity contribution is 0.107. The monoisotopic (exact) mass is 378 g/mol. The van der Waals surface area contributed by atoms with Crippen LogP contribution < -0.4 is 5.32 Å². The smallest absolute Gasteiger partial charge is 0.159 e. The maximum atomic E-state index is 13.4. The number of ether oxygens (including phenoxy) is 1. The van der Waals surface area contributed by atoms with Gasteiger partial charge in [-0.1, -0.05) is 6.07 Å². The summed E-state index contributed by atoms with van der Waals surface area (Å²) in [7, 11) is 0.